The van der Waals surface area contributed by atoms with Gasteiger partial charge in [0.05, 0.1) is 12.5 Å². The molecular formula is C21H23NO5. The van der Waals surface area contributed by atoms with Crippen molar-refractivity contribution < 1.29 is 24.2 Å². The molecule has 1 aliphatic rings. The third kappa shape index (κ3) is 3.89. The van der Waals surface area contributed by atoms with E-state index in [0.29, 0.717) is 24.2 Å². The zero-order valence-electron chi connectivity index (χ0n) is 15.4. The van der Waals surface area contributed by atoms with E-state index in [4.69, 9.17) is 9.47 Å². The molecule has 6 heteroatoms. The van der Waals surface area contributed by atoms with Crippen LogP contribution >= 0.6 is 0 Å². The molecule has 0 spiro atoms. The highest BCUT2D eigenvalue weighted by molar-refractivity contribution is 5.84. The summed E-state index contributed by atoms with van der Waals surface area (Å²) in [6.45, 7) is 2.09. The number of aliphatic carboxylic acids is 1. The van der Waals surface area contributed by atoms with Crippen LogP contribution in [0.15, 0.2) is 48.5 Å². The molecule has 2 aromatic rings. The fraction of sp³-hybridized carbons (Fsp3) is 0.333. The fourth-order valence-electron chi connectivity index (χ4n) is 3.47. The summed E-state index contributed by atoms with van der Waals surface area (Å²) in [5.41, 5.74) is 1.51. The first-order valence-corrected chi connectivity index (χ1v) is 8.80. The van der Waals surface area contributed by atoms with Crippen molar-refractivity contribution in [3.05, 3.63) is 65.2 Å². The Morgan fingerprint density at radius 1 is 1.19 bits per heavy atom. The van der Waals surface area contributed by atoms with Crippen molar-refractivity contribution >= 4 is 12.1 Å². The van der Waals surface area contributed by atoms with Gasteiger partial charge in [-0.25, -0.2) is 4.79 Å². The molecular weight excluding hydrogens is 346 g/mol. The quantitative estimate of drug-likeness (QED) is 0.815. The Labute approximate surface area is 158 Å². The zero-order chi connectivity index (χ0) is 19.4. The van der Waals surface area contributed by atoms with Gasteiger partial charge >= 0.3 is 12.1 Å². The minimum absolute atomic E-state index is 0.179. The van der Waals surface area contributed by atoms with Crippen molar-refractivity contribution in [3.63, 3.8) is 0 Å². The number of carbonyl (C=O) groups is 2. The van der Waals surface area contributed by atoms with Crippen molar-refractivity contribution in [2.45, 2.75) is 37.8 Å². The summed E-state index contributed by atoms with van der Waals surface area (Å²) in [5.74, 6) is -0.240. The number of methoxy groups -OCH3 is 1. The van der Waals surface area contributed by atoms with Gasteiger partial charge in [-0.2, -0.15) is 0 Å². The highest BCUT2D eigenvalue weighted by atomic mass is 16.5. The molecule has 0 aromatic heterocycles. The van der Waals surface area contributed by atoms with E-state index >= 15 is 0 Å². The van der Waals surface area contributed by atoms with Crippen LogP contribution in [0.1, 0.15) is 29.5 Å². The van der Waals surface area contributed by atoms with Crippen LogP contribution in [0.5, 0.6) is 5.75 Å². The second-order valence-corrected chi connectivity index (χ2v) is 6.88. The lowest BCUT2D eigenvalue weighted by atomic mass is 9.61. The van der Waals surface area contributed by atoms with Crippen molar-refractivity contribution in [2.24, 2.45) is 0 Å². The van der Waals surface area contributed by atoms with E-state index in [1.807, 2.05) is 49.4 Å². The Balaban J connectivity index is 1.60. The molecule has 1 amide bonds. The van der Waals surface area contributed by atoms with Crippen molar-refractivity contribution in [1.82, 2.24) is 5.32 Å². The number of benzene rings is 2. The standard InChI is InChI=1S/C21H23NO5/c1-14-8-9-16(10-18(14)26-2)21(19(23)24)11-17(12-21)22-20(25)27-13-15-6-4-3-5-7-15/h3-10,17H,11-13H2,1-2H3,(H,22,25)(H,23,24). The Bertz CT molecular complexity index is 828. The summed E-state index contributed by atoms with van der Waals surface area (Å²) < 4.78 is 10.5. The molecule has 6 nitrogen and oxygen atoms in total. The summed E-state index contributed by atoms with van der Waals surface area (Å²) in [4.78, 5) is 23.9. The van der Waals surface area contributed by atoms with E-state index in [2.05, 4.69) is 5.32 Å². The number of carboxylic acid groups (broad SMARTS) is 1. The van der Waals surface area contributed by atoms with Crippen LogP contribution in [0, 0.1) is 6.92 Å². The van der Waals surface area contributed by atoms with Gasteiger partial charge in [-0.1, -0.05) is 42.5 Å². The first-order valence-electron chi connectivity index (χ1n) is 8.80. The largest absolute Gasteiger partial charge is 0.496 e. The van der Waals surface area contributed by atoms with E-state index in [-0.39, 0.29) is 12.6 Å². The Hall–Kier alpha value is -3.02. The smallest absolute Gasteiger partial charge is 0.407 e. The number of amides is 1. The lowest BCUT2D eigenvalue weighted by Crippen LogP contribution is -2.57. The molecule has 1 fully saturated rings. The molecule has 0 saturated heterocycles. The molecule has 1 saturated carbocycles. The van der Waals surface area contributed by atoms with Crippen LogP contribution in [0.2, 0.25) is 0 Å². The van der Waals surface area contributed by atoms with Crippen LogP contribution in [-0.4, -0.2) is 30.3 Å². The van der Waals surface area contributed by atoms with Gasteiger partial charge in [0, 0.05) is 6.04 Å². The monoisotopic (exact) mass is 369 g/mol. The number of aryl methyl sites for hydroxylation is 1. The second-order valence-electron chi connectivity index (χ2n) is 6.88. The number of nitrogens with one attached hydrogen (secondary N) is 1. The first-order chi connectivity index (χ1) is 12.9. The minimum Gasteiger partial charge on any atom is -0.496 e. The molecule has 0 heterocycles. The summed E-state index contributed by atoms with van der Waals surface area (Å²) in [5, 5.41) is 12.5. The number of hydrogen-bond donors (Lipinski definition) is 2. The molecule has 0 aliphatic heterocycles. The number of ether oxygens (including phenoxy) is 2. The maximum absolute atomic E-state index is 12.0. The summed E-state index contributed by atoms with van der Waals surface area (Å²) in [7, 11) is 1.56. The third-order valence-electron chi connectivity index (χ3n) is 5.09. The number of rotatable bonds is 6. The van der Waals surface area contributed by atoms with Gasteiger partial charge in [0.1, 0.15) is 12.4 Å². The maximum atomic E-state index is 12.0. The van der Waals surface area contributed by atoms with Crippen LogP contribution in [0.4, 0.5) is 4.79 Å². The number of carbonyl (C=O) groups excluding carboxylic acids is 1. The molecule has 0 unspecified atom stereocenters. The highest BCUT2D eigenvalue weighted by Crippen LogP contribution is 2.45. The zero-order valence-corrected chi connectivity index (χ0v) is 15.4. The summed E-state index contributed by atoms with van der Waals surface area (Å²) >= 11 is 0. The number of hydrogen-bond acceptors (Lipinski definition) is 4. The lowest BCUT2D eigenvalue weighted by molar-refractivity contribution is -0.148. The fourth-order valence-corrected chi connectivity index (χ4v) is 3.47. The van der Waals surface area contributed by atoms with Crippen LogP contribution < -0.4 is 10.1 Å². The molecule has 27 heavy (non-hydrogen) atoms. The van der Waals surface area contributed by atoms with E-state index in [1.54, 1.807) is 13.2 Å². The molecule has 2 N–H and O–H groups in total. The topological polar surface area (TPSA) is 84.9 Å². The van der Waals surface area contributed by atoms with Gasteiger partial charge in [0.2, 0.25) is 0 Å². The van der Waals surface area contributed by atoms with Crippen LogP contribution in [0.3, 0.4) is 0 Å². The Morgan fingerprint density at radius 3 is 2.52 bits per heavy atom. The van der Waals surface area contributed by atoms with E-state index in [0.717, 1.165) is 11.1 Å². The first kappa shape index (κ1) is 18.8. The number of carboxylic acids is 1. The molecule has 0 radical (unpaired) electrons. The SMILES string of the molecule is COc1cc(C2(C(=O)O)CC(NC(=O)OCc3ccccc3)C2)ccc1C. The Kier molecular flexibility index (Phi) is 5.35. The molecule has 0 bridgehead atoms. The van der Waals surface area contributed by atoms with Crippen molar-refractivity contribution in [3.8, 4) is 5.75 Å². The van der Waals surface area contributed by atoms with Gasteiger partial charge in [-0.3, -0.25) is 4.79 Å². The molecule has 2 aromatic carbocycles. The van der Waals surface area contributed by atoms with Gasteiger partial charge < -0.3 is 19.9 Å². The predicted molar refractivity (Wildman–Crippen MR) is 99.8 cm³/mol. The van der Waals surface area contributed by atoms with Gasteiger partial charge in [-0.15, -0.1) is 0 Å². The van der Waals surface area contributed by atoms with Crippen LogP contribution in [0.25, 0.3) is 0 Å². The molecule has 3 rings (SSSR count). The van der Waals surface area contributed by atoms with Gasteiger partial charge in [0.25, 0.3) is 0 Å². The minimum atomic E-state index is -1.02. The van der Waals surface area contributed by atoms with Crippen molar-refractivity contribution in [1.29, 1.82) is 0 Å². The van der Waals surface area contributed by atoms with Crippen LogP contribution in [-0.2, 0) is 21.6 Å². The summed E-state index contributed by atoms with van der Waals surface area (Å²) in [6, 6.07) is 14.6. The molecule has 1 aliphatic carbocycles. The average Bonchev–Trinajstić information content (AvgIpc) is 2.64. The van der Waals surface area contributed by atoms with Gasteiger partial charge in [0.15, 0.2) is 0 Å². The van der Waals surface area contributed by atoms with Crippen molar-refractivity contribution in [2.75, 3.05) is 7.11 Å². The summed E-state index contributed by atoms with van der Waals surface area (Å²) in [6.07, 6.45) is 0.0913. The second kappa shape index (κ2) is 7.70. The number of alkyl carbamates (subject to hydrolysis) is 1. The maximum Gasteiger partial charge on any atom is 0.407 e. The molecule has 0 atom stereocenters. The van der Waals surface area contributed by atoms with Gasteiger partial charge in [-0.05, 0) is 42.5 Å². The normalized spacial score (nSPS) is 21.0. The Morgan fingerprint density at radius 2 is 1.89 bits per heavy atom. The third-order valence-corrected chi connectivity index (χ3v) is 5.09. The highest BCUT2D eigenvalue weighted by Gasteiger charge is 2.52. The lowest BCUT2D eigenvalue weighted by Gasteiger charge is -2.44. The van der Waals surface area contributed by atoms with E-state index in [9.17, 15) is 14.7 Å². The predicted octanol–water partition coefficient (Wildman–Crippen LogP) is 3.41. The van der Waals surface area contributed by atoms with E-state index in [1.165, 1.54) is 0 Å². The average molecular weight is 369 g/mol. The van der Waals surface area contributed by atoms with E-state index < -0.39 is 17.5 Å². The molecule has 142 valence electrons.